The molecule has 2 rings (SSSR count). The molecule has 4 nitrogen and oxygen atoms in total. The van der Waals surface area contributed by atoms with Gasteiger partial charge in [-0.3, -0.25) is 9.69 Å². The Labute approximate surface area is 153 Å². The first-order valence-corrected chi connectivity index (χ1v) is 9.06. The molecule has 0 aromatic heterocycles. The van der Waals surface area contributed by atoms with Crippen LogP contribution >= 0.6 is 39.9 Å². The van der Waals surface area contributed by atoms with Gasteiger partial charge in [0.1, 0.15) is 10.4 Å². The van der Waals surface area contributed by atoms with Crippen LogP contribution in [0.25, 0.3) is 6.08 Å². The molecule has 1 atom stereocenters. The predicted molar refractivity (Wildman–Crippen MR) is 100 cm³/mol. The molecule has 1 aromatic rings. The van der Waals surface area contributed by atoms with E-state index >= 15 is 0 Å². The molecular weight excluding hydrogens is 398 g/mol. The van der Waals surface area contributed by atoms with Crippen molar-refractivity contribution in [1.29, 1.82) is 0 Å². The average Bonchev–Trinajstić information content (AvgIpc) is 2.73. The van der Waals surface area contributed by atoms with Crippen molar-refractivity contribution >= 4 is 62.2 Å². The molecule has 1 fully saturated rings. The van der Waals surface area contributed by atoms with Crippen molar-refractivity contribution in [1.82, 2.24) is 4.90 Å². The Balaban J connectivity index is 2.28. The first-order valence-electron chi connectivity index (χ1n) is 7.05. The molecule has 7 heteroatoms. The summed E-state index contributed by atoms with van der Waals surface area (Å²) >= 11 is 9.74. The molecule has 1 aliphatic heterocycles. The highest BCUT2D eigenvalue weighted by atomic mass is 79.9. The van der Waals surface area contributed by atoms with Crippen LogP contribution in [0.5, 0.6) is 0 Å². The summed E-state index contributed by atoms with van der Waals surface area (Å²) in [6, 6.07) is 6.59. The minimum atomic E-state index is -1.03. The Morgan fingerprint density at radius 3 is 2.52 bits per heavy atom. The van der Waals surface area contributed by atoms with Gasteiger partial charge in [0.15, 0.2) is 0 Å². The normalized spacial score (nSPS) is 18.1. The van der Waals surface area contributed by atoms with Gasteiger partial charge in [-0.1, -0.05) is 65.9 Å². The van der Waals surface area contributed by atoms with E-state index in [-0.39, 0.29) is 11.8 Å². The second-order valence-corrected chi connectivity index (χ2v) is 8.18. The SMILES string of the molecule is CC(C)CC(C(=O)O)N1C(=O)/C(=C/c2ccc(Br)cc2)SC1=S. The third kappa shape index (κ3) is 4.43. The minimum Gasteiger partial charge on any atom is -0.480 e. The number of thiocarbonyl (C=S) groups is 1. The van der Waals surface area contributed by atoms with Crippen LogP contribution < -0.4 is 0 Å². The molecule has 0 bridgehead atoms. The maximum atomic E-state index is 12.6. The Morgan fingerprint density at radius 2 is 2.00 bits per heavy atom. The van der Waals surface area contributed by atoms with Crippen LogP contribution in [0, 0.1) is 5.92 Å². The van der Waals surface area contributed by atoms with Gasteiger partial charge in [-0.2, -0.15) is 0 Å². The van der Waals surface area contributed by atoms with Crippen LogP contribution in [0.15, 0.2) is 33.6 Å². The van der Waals surface area contributed by atoms with Crippen molar-refractivity contribution in [3.05, 3.63) is 39.2 Å². The van der Waals surface area contributed by atoms with E-state index in [1.54, 1.807) is 6.08 Å². The van der Waals surface area contributed by atoms with Gasteiger partial charge < -0.3 is 5.11 Å². The molecule has 0 saturated carbocycles. The third-order valence-electron chi connectivity index (χ3n) is 3.28. The maximum absolute atomic E-state index is 12.6. The van der Waals surface area contributed by atoms with E-state index in [0.717, 1.165) is 21.8 Å². The van der Waals surface area contributed by atoms with Gasteiger partial charge in [0.05, 0.1) is 4.91 Å². The van der Waals surface area contributed by atoms with Crippen molar-refractivity contribution in [2.45, 2.75) is 26.3 Å². The molecule has 1 heterocycles. The quantitative estimate of drug-likeness (QED) is 0.580. The van der Waals surface area contributed by atoms with Crippen LogP contribution in [-0.2, 0) is 9.59 Å². The molecule has 23 heavy (non-hydrogen) atoms. The first-order chi connectivity index (χ1) is 10.8. The van der Waals surface area contributed by atoms with Crippen molar-refractivity contribution in [2.24, 2.45) is 5.92 Å². The van der Waals surface area contributed by atoms with Gasteiger partial charge >= 0.3 is 5.97 Å². The zero-order chi connectivity index (χ0) is 17.1. The van der Waals surface area contributed by atoms with E-state index in [2.05, 4.69) is 15.9 Å². The van der Waals surface area contributed by atoms with E-state index in [1.165, 1.54) is 4.90 Å². The smallest absolute Gasteiger partial charge is 0.326 e. The number of carboxylic acid groups (broad SMARTS) is 1. The summed E-state index contributed by atoms with van der Waals surface area (Å²) in [4.78, 5) is 25.8. The lowest BCUT2D eigenvalue weighted by Gasteiger charge is -2.24. The number of hydrogen-bond acceptors (Lipinski definition) is 4. The van der Waals surface area contributed by atoms with Crippen LogP contribution in [0.3, 0.4) is 0 Å². The second kappa shape index (κ2) is 7.59. The van der Waals surface area contributed by atoms with Crippen molar-refractivity contribution < 1.29 is 14.7 Å². The summed E-state index contributed by atoms with van der Waals surface area (Å²) in [6.07, 6.45) is 2.10. The summed E-state index contributed by atoms with van der Waals surface area (Å²) in [7, 11) is 0. The largest absolute Gasteiger partial charge is 0.480 e. The van der Waals surface area contributed by atoms with Crippen LogP contribution in [-0.4, -0.2) is 32.2 Å². The zero-order valence-corrected chi connectivity index (χ0v) is 15.9. The Morgan fingerprint density at radius 1 is 1.39 bits per heavy atom. The number of carbonyl (C=O) groups is 2. The number of aliphatic carboxylic acids is 1. The first kappa shape index (κ1) is 18.2. The number of nitrogens with zero attached hydrogens (tertiary/aromatic N) is 1. The monoisotopic (exact) mass is 413 g/mol. The van der Waals surface area contributed by atoms with Gasteiger partial charge in [-0.15, -0.1) is 0 Å². The van der Waals surface area contributed by atoms with Gasteiger partial charge in [0.25, 0.3) is 5.91 Å². The van der Waals surface area contributed by atoms with Crippen molar-refractivity contribution in [2.75, 3.05) is 0 Å². The average molecular weight is 414 g/mol. The van der Waals surface area contributed by atoms with E-state index < -0.39 is 12.0 Å². The van der Waals surface area contributed by atoms with E-state index in [9.17, 15) is 14.7 Å². The topological polar surface area (TPSA) is 57.6 Å². The Bertz CT molecular complexity index is 670. The molecule has 1 unspecified atom stereocenters. The predicted octanol–water partition coefficient (Wildman–Crippen LogP) is 4.15. The fourth-order valence-electron chi connectivity index (χ4n) is 2.22. The van der Waals surface area contributed by atoms with Crippen LogP contribution in [0.4, 0.5) is 0 Å². The Kier molecular flexibility index (Phi) is 6.00. The highest BCUT2D eigenvalue weighted by Gasteiger charge is 2.40. The lowest BCUT2D eigenvalue weighted by molar-refractivity contribution is -0.145. The summed E-state index contributed by atoms with van der Waals surface area (Å²) in [5.41, 5.74) is 0.865. The van der Waals surface area contributed by atoms with Gasteiger partial charge in [0, 0.05) is 4.47 Å². The lowest BCUT2D eigenvalue weighted by atomic mass is 10.0. The van der Waals surface area contributed by atoms with Crippen LogP contribution in [0.1, 0.15) is 25.8 Å². The Hall–Kier alpha value is -1.18. The summed E-state index contributed by atoms with van der Waals surface area (Å²) in [5, 5.41) is 9.44. The third-order valence-corrected chi connectivity index (χ3v) is 5.14. The molecule has 1 saturated heterocycles. The summed E-state index contributed by atoms with van der Waals surface area (Å²) in [6.45, 7) is 3.84. The molecule has 122 valence electrons. The molecule has 0 radical (unpaired) electrons. The number of rotatable bonds is 5. The minimum absolute atomic E-state index is 0.149. The highest BCUT2D eigenvalue weighted by molar-refractivity contribution is 9.10. The fraction of sp³-hybridized carbons (Fsp3) is 0.312. The number of carboxylic acids is 1. The number of amides is 1. The lowest BCUT2D eigenvalue weighted by Crippen LogP contribution is -2.44. The molecular formula is C16H16BrNO3S2. The molecule has 1 aliphatic rings. The fourth-order valence-corrected chi connectivity index (χ4v) is 3.84. The molecule has 0 aliphatic carbocycles. The van der Waals surface area contributed by atoms with E-state index in [1.807, 2.05) is 38.1 Å². The standard InChI is InChI=1S/C16H16BrNO3S2/c1-9(2)7-12(15(20)21)18-14(19)13(23-16(18)22)8-10-3-5-11(17)6-4-10/h3-6,8-9,12H,7H2,1-2H3,(H,20,21)/b13-8-. The number of halogens is 1. The van der Waals surface area contributed by atoms with Gasteiger partial charge in [-0.05, 0) is 36.1 Å². The zero-order valence-electron chi connectivity index (χ0n) is 12.7. The molecule has 1 amide bonds. The van der Waals surface area contributed by atoms with Gasteiger partial charge in [-0.25, -0.2) is 4.79 Å². The van der Waals surface area contributed by atoms with E-state index in [4.69, 9.17) is 12.2 Å². The number of carbonyl (C=O) groups excluding carboxylic acids is 1. The number of benzene rings is 1. The highest BCUT2D eigenvalue weighted by Crippen LogP contribution is 2.35. The number of hydrogen-bond donors (Lipinski definition) is 1. The molecule has 1 aromatic carbocycles. The van der Waals surface area contributed by atoms with Crippen molar-refractivity contribution in [3.63, 3.8) is 0 Å². The van der Waals surface area contributed by atoms with Crippen LogP contribution in [0.2, 0.25) is 0 Å². The second-order valence-electron chi connectivity index (χ2n) is 5.59. The molecule has 1 N–H and O–H groups in total. The summed E-state index contributed by atoms with van der Waals surface area (Å²) in [5.74, 6) is -1.22. The van der Waals surface area contributed by atoms with Crippen molar-refractivity contribution in [3.8, 4) is 0 Å². The van der Waals surface area contributed by atoms with Gasteiger partial charge in [0.2, 0.25) is 0 Å². The maximum Gasteiger partial charge on any atom is 0.326 e. The molecule has 0 spiro atoms. The summed E-state index contributed by atoms with van der Waals surface area (Å²) < 4.78 is 1.25. The number of thioether (sulfide) groups is 1. The van der Waals surface area contributed by atoms with E-state index in [0.29, 0.717) is 15.6 Å².